The zero-order chi connectivity index (χ0) is 13.1. The average Bonchev–Trinajstić information content (AvgIpc) is 2.70. The minimum Gasteiger partial charge on any atom is -0.333 e. The number of para-hydroxylation sites is 2. The van der Waals surface area contributed by atoms with Crippen LogP contribution in [0.15, 0.2) is 29.4 Å². The van der Waals surface area contributed by atoms with E-state index in [-0.39, 0.29) is 5.92 Å². The highest BCUT2D eigenvalue weighted by Crippen LogP contribution is 2.35. The van der Waals surface area contributed by atoms with Gasteiger partial charge in [-0.1, -0.05) is 43.2 Å². The van der Waals surface area contributed by atoms with E-state index in [1.54, 1.807) is 11.8 Å². The lowest BCUT2D eigenvalue weighted by atomic mass is 10.0. The van der Waals surface area contributed by atoms with Crippen molar-refractivity contribution in [3.8, 4) is 6.07 Å². The van der Waals surface area contributed by atoms with Gasteiger partial charge in [-0.15, -0.1) is 0 Å². The summed E-state index contributed by atoms with van der Waals surface area (Å²) in [5, 5.41) is 10.6. The third kappa shape index (κ3) is 2.76. The number of fused-ring (bicyclic) bond motifs is 1. The molecule has 2 unspecified atom stereocenters. The zero-order valence-electron chi connectivity index (χ0n) is 10.8. The minimum absolute atomic E-state index is 0.167. The lowest BCUT2D eigenvalue weighted by Crippen LogP contribution is -2.14. The predicted octanol–water partition coefficient (Wildman–Crippen LogP) is 4.13. The van der Waals surface area contributed by atoms with Gasteiger partial charge in [0.25, 0.3) is 0 Å². The van der Waals surface area contributed by atoms with Crippen molar-refractivity contribution in [2.45, 2.75) is 42.5 Å². The Balaban J connectivity index is 1.80. The summed E-state index contributed by atoms with van der Waals surface area (Å²) in [6.45, 7) is 0. The summed E-state index contributed by atoms with van der Waals surface area (Å²) in [6.07, 6.45) is 5.84. The Kier molecular flexibility index (Phi) is 3.74. The van der Waals surface area contributed by atoms with Crippen LogP contribution in [0.25, 0.3) is 11.0 Å². The molecule has 1 N–H and O–H groups in total. The number of H-pyrrole nitrogens is 1. The first-order valence-corrected chi connectivity index (χ1v) is 7.76. The molecular weight excluding hydrogens is 254 g/mol. The third-order valence-corrected chi connectivity index (χ3v) is 5.03. The first kappa shape index (κ1) is 12.6. The van der Waals surface area contributed by atoms with E-state index in [1.807, 2.05) is 24.3 Å². The number of nitrogens with one attached hydrogen (secondary N) is 1. The Hall–Kier alpha value is -1.47. The maximum absolute atomic E-state index is 9.31. The quantitative estimate of drug-likeness (QED) is 0.836. The van der Waals surface area contributed by atoms with Gasteiger partial charge in [0, 0.05) is 5.25 Å². The zero-order valence-corrected chi connectivity index (χ0v) is 11.6. The molecule has 1 aromatic carbocycles. The van der Waals surface area contributed by atoms with Gasteiger partial charge < -0.3 is 4.98 Å². The summed E-state index contributed by atoms with van der Waals surface area (Å²) in [5.41, 5.74) is 2.08. The van der Waals surface area contributed by atoms with Crippen LogP contribution in [0.1, 0.15) is 32.1 Å². The van der Waals surface area contributed by atoms with Crippen LogP contribution < -0.4 is 0 Å². The van der Waals surface area contributed by atoms with Crippen molar-refractivity contribution < 1.29 is 0 Å². The van der Waals surface area contributed by atoms with E-state index in [0.717, 1.165) is 29.0 Å². The van der Waals surface area contributed by atoms with Gasteiger partial charge in [-0.05, 0) is 25.0 Å². The third-order valence-electron chi connectivity index (χ3n) is 3.75. The second-order valence-electron chi connectivity index (χ2n) is 5.09. The van der Waals surface area contributed by atoms with Gasteiger partial charge in [-0.25, -0.2) is 4.98 Å². The molecule has 1 heterocycles. The number of thioether (sulfide) groups is 1. The van der Waals surface area contributed by atoms with Crippen LogP contribution in [0.2, 0.25) is 0 Å². The normalized spacial score (nSPS) is 23.9. The molecule has 98 valence electrons. The summed E-state index contributed by atoms with van der Waals surface area (Å²) in [7, 11) is 0. The van der Waals surface area contributed by atoms with E-state index in [1.165, 1.54) is 19.3 Å². The molecule has 2 atom stereocenters. The van der Waals surface area contributed by atoms with Gasteiger partial charge in [0.15, 0.2) is 5.16 Å². The number of hydrogen-bond donors (Lipinski definition) is 1. The molecule has 0 aliphatic heterocycles. The number of aromatic amines is 1. The van der Waals surface area contributed by atoms with Crippen molar-refractivity contribution in [3.05, 3.63) is 24.3 Å². The molecule has 3 nitrogen and oxygen atoms in total. The second kappa shape index (κ2) is 5.66. The van der Waals surface area contributed by atoms with Crippen LogP contribution in [0.5, 0.6) is 0 Å². The summed E-state index contributed by atoms with van der Waals surface area (Å²) < 4.78 is 0. The number of benzene rings is 1. The molecule has 0 amide bonds. The highest BCUT2D eigenvalue weighted by molar-refractivity contribution is 7.99. The first-order valence-electron chi connectivity index (χ1n) is 6.88. The Morgan fingerprint density at radius 3 is 2.89 bits per heavy atom. The SMILES string of the molecule is N#CC1CCCCCC1Sc1nc2ccccc2[nH]1. The van der Waals surface area contributed by atoms with Crippen LogP contribution >= 0.6 is 11.8 Å². The number of nitriles is 1. The highest BCUT2D eigenvalue weighted by Gasteiger charge is 2.25. The molecular formula is C15H17N3S. The molecule has 2 aromatic rings. The lowest BCUT2D eigenvalue weighted by Gasteiger charge is -2.16. The topological polar surface area (TPSA) is 52.5 Å². The van der Waals surface area contributed by atoms with Crippen molar-refractivity contribution >= 4 is 22.8 Å². The molecule has 1 aliphatic rings. The number of imidazole rings is 1. The van der Waals surface area contributed by atoms with Crippen LogP contribution in [-0.2, 0) is 0 Å². The number of nitrogens with zero attached hydrogens (tertiary/aromatic N) is 2. The molecule has 0 bridgehead atoms. The maximum atomic E-state index is 9.31. The Bertz CT molecular complexity index is 566. The van der Waals surface area contributed by atoms with Gasteiger partial charge in [0.05, 0.1) is 23.0 Å². The largest absolute Gasteiger partial charge is 0.333 e. The minimum atomic E-state index is 0.167. The molecule has 3 rings (SSSR count). The Labute approximate surface area is 117 Å². The first-order chi connectivity index (χ1) is 9.36. The molecule has 19 heavy (non-hydrogen) atoms. The standard InChI is InChI=1S/C15H17N3S/c16-10-11-6-2-1-3-9-14(11)19-15-17-12-7-4-5-8-13(12)18-15/h4-5,7-8,11,14H,1-3,6,9H2,(H,17,18). The van der Waals surface area contributed by atoms with Crippen molar-refractivity contribution in [2.75, 3.05) is 0 Å². The van der Waals surface area contributed by atoms with E-state index in [9.17, 15) is 5.26 Å². The number of aromatic nitrogens is 2. The average molecular weight is 271 g/mol. The molecule has 1 saturated carbocycles. The highest BCUT2D eigenvalue weighted by atomic mass is 32.2. The molecule has 0 radical (unpaired) electrons. The van der Waals surface area contributed by atoms with Gasteiger partial charge in [0.1, 0.15) is 0 Å². The van der Waals surface area contributed by atoms with Gasteiger partial charge >= 0.3 is 0 Å². The smallest absolute Gasteiger partial charge is 0.166 e. The summed E-state index contributed by atoms with van der Waals surface area (Å²) in [5.74, 6) is 0.167. The van der Waals surface area contributed by atoms with Crippen molar-refractivity contribution in [1.82, 2.24) is 9.97 Å². The van der Waals surface area contributed by atoms with E-state index >= 15 is 0 Å². The lowest BCUT2D eigenvalue weighted by molar-refractivity contribution is 0.584. The van der Waals surface area contributed by atoms with E-state index in [0.29, 0.717) is 5.25 Å². The van der Waals surface area contributed by atoms with Crippen LogP contribution in [0, 0.1) is 17.2 Å². The number of hydrogen-bond acceptors (Lipinski definition) is 3. The molecule has 0 spiro atoms. The van der Waals surface area contributed by atoms with Crippen LogP contribution in [-0.4, -0.2) is 15.2 Å². The van der Waals surface area contributed by atoms with Crippen molar-refractivity contribution in [3.63, 3.8) is 0 Å². The van der Waals surface area contributed by atoms with E-state index < -0.39 is 0 Å². The molecule has 1 aliphatic carbocycles. The Morgan fingerprint density at radius 2 is 2.05 bits per heavy atom. The van der Waals surface area contributed by atoms with Gasteiger partial charge in [0.2, 0.25) is 0 Å². The monoisotopic (exact) mass is 271 g/mol. The van der Waals surface area contributed by atoms with Crippen LogP contribution in [0.3, 0.4) is 0 Å². The fourth-order valence-corrected chi connectivity index (χ4v) is 3.94. The predicted molar refractivity (Wildman–Crippen MR) is 77.9 cm³/mol. The molecule has 1 fully saturated rings. The second-order valence-corrected chi connectivity index (χ2v) is 6.32. The maximum Gasteiger partial charge on any atom is 0.166 e. The van der Waals surface area contributed by atoms with Gasteiger partial charge in [-0.2, -0.15) is 5.26 Å². The molecule has 0 saturated heterocycles. The summed E-state index contributed by atoms with van der Waals surface area (Å²) >= 11 is 1.75. The summed E-state index contributed by atoms with van der Waals surface area (Å²) in [6, 6.07) is 10.6. The Morgan fingerprint density at radius 1 is 1.21 bits per heavy atom. The van der Waals surface area contributed by atoms with E-state index in [4.69, 9.17) is 0 Å². The summed E-state index contributed by atoms with van der Waals surface area (Å²) in [4.78, 5) is 7.95. The van der Waals surface area contributed by atoms with Crippen LogP contribution in [0.4, 0.5) is 0 Å². The molecule has 1 aromatic heterocycles. The fraction of sp³-hybridized carbons (Fsp3) is 0.467. The fourth-order valence-electron chi connectivity index (χ4n) is 2.69. The van der Waals surface area contributed by atoms with Crippen molar-refractivity contribution in [2.24, 2.45) is 5.92 Å². The van der Waals surface area contributed by atoms with E-state index in [2.05, 4.69) is 16.0 Å². The van der Waals surface area contributed by atoms with Crippen molar-refractivity contribution in [1.29, 1.82) is 5.26 Å². The molecule has 4 heteroatoms. The number of rotatable bonds is 2. The van der Waals surface area contributed by atoms with Gasteiger partial charge in [-0.3, -0.25) is 0 Å².